The minimum atomic E-state index is -0.716. The summed E-state index contributed by atoms with van der Waals surface area (Å²) in [5, 5.41) is 11.7. The third-order valence-electron chi connectivity index (χ3n) is 2.51. The predicted octanol–water partition coefficient (Wildman–Crippen LogP) is 2.08. The molecule has 0 fully saturated rings. The van der Waals surface area contributed by atoms with Gasteiger partial charge >= 0.3 is 0 Å². The predicted molar refractivity (Wildman–Crippen MR) is 66.1 cm³/mol. The second kappa shape index (κ2) is 7.66. The number of nitrogens with one attached hydrogen (secondary N) is 1. The topological polar surface area (TPSA) is 58.6 Å². The highest BCUT2D eigenvalue weighted by molar-refractivity contribution is 5.94. The van der Waals surface area contributed by atoms with Gasteiger partial charge in [-0.3, -0.25) is 4.79 Å². The normalized spacial score (nSPS) is 10.3. The van der Waals surface area contributed by atoms with E-state index in [1.165, 1.54) is 12.1 Å². The van der Waals surface area contributed by atoms with Crippen molar-refractivity contribution in [3.05, 3.63) is 29.6 Å². The van der Waals surface area contributed by atoms with Gasteiger partial charge in [-0.2, -0.15) is 0 Å². The number of rotatable bonds is 7. The summed E-state index contributed by atoms with van der Waals surface area (Å²) in [4.78, 5) is 11.6. The van der Waals surface area contributed by atoms with Gasteiger partial charge in [0, 0.05) is 26.3 Å². The minimum absolute atomic E-state index is 0.0512. The fraction of sp³-hybridized carbons (Fsp3) is 0.462. The van der Waals surface area contributed by atoms with Crippen molar-refractivity contribution < 1.29 is 19.0 Å². The summed E-state index contributed by atoms with van der Waals surface area (Å²) in [6.07, 6.45) is 2.72. The van der Waals surface area contributed by atoms with Crippen molar-refractivity contribution in [3.8, 4) is 5.75 Å². The third kappa shape index (κ3) is 4.71. The van der Waals surface area contributed by atoms with Crippen LogP contribution >= 0.6 is 0 Å². The maximum absolute atomic E-state index is 13.3. The lowest BCUT2D eigenvalue weighted by Crippen LogP contribution is -2.25. The highest BCUT2D eigenvalue weighted by Crippen LogP contribution is 2.14. The molecule has 100 valence electrons. The van der Waals surface area contributed by atoms with Gasteiger partial charge in [0.15, 0.2) is 0 Å². The Morgan fingerprint density at radius 1 is 1.39 bits per heavy atom. The van der Waals surface area contributed by atoms with Crippen LogP contribution in [0.25, 0.3) is 0 Å². The average Bonchev–Trinajstić information content (AvgIpc) is 2.33. The van der Waals surface area contributed by atoms with E-state index in [0.717, 1.165) is 25.3 Å². The molecule has 1 aromatic rings. The number of hydrogen-bond acceptors (Lipinski definition) is 3. The first-order chi connectivity index (χ1) is 8.65. The molecule has 0 unspecified atom stereocenters. The van der Waals surface area contributed by atoms with E-state index in [4.69, 9.17) is 9.84 Å². The van der Waals surface area contributed by atoms with Crippen LogP contribution in [-0.4, -0.2) is 31.3 Å². The minimum Gasteiger partial charge on any atom is -0.508 e. The number of methoxy groups -OCH3 is 1. The molecule has 18 heavy (non-hydrogen) atoms. The van der Waals surface area contributed by atoms with Crippen LogP contribution in [0.15, 0.2) is 18.2 Å². The Kier molecular flexibility index (Phi) is 6.14. The van der Waals surface area contributed by atoms with Crippen molar-refractivity contribution in [1.29, 1.82) is 0 Å². The Bertz CT molecular complexity index is 396. The van der Waals surface area contributed by atoms with E-state index in [1.54, 1.807) is 7.11 Å². The van der Waals surface area contributed by atoms with Gasteiger partial charge in [0.2, 0.25) is 0 Å². The van der Waals surface area contributed by atoms with Crippen LogP contribution in [0, 0.1) is 5.82 Å². The number of benzene rings is 1. The van der Waals surface area contributed by atoms with E-state index in [1.807, 2.05) is 0 Å². The molecule has 0 aliphatic rings. The summed E-state index contributed by atoms with van der Waals surface area (Å²) < 4.78 is 18.2. The number of carbonyl (C=O) groups excluding carboxylic acids is 1. The molecule has 0 bridgehead atoms. The molecule has 0 heterocycles. The van der Waals surface area contributed by atoms with E-state index < -0.39 is 11.7 Å². The Balaban J connectivity index is 2.32. The van der Waals surface area contributed by atoms with Gasteiger partial charge in [-0.1, -0.05) is 0 Å². The Morgan fingerprint density at radius 3 is 2.83 bits per heavy atom. The molecule has 0 radical (unpaired) electrons. The fourth-order valence-electron chi connectivity index (χ4n) is 1.53. The van der Waals surface area contributed by atoms with Gasteiger partial charge in [0.1, 0.15) is 11.6 Å². The zero-order valence-electron chi connectivity index (χ0n) is 10.4. The Morgan fingerprint density at radius 2 is 2.17 bits per heavy atom. The second-order valence-electron chi connectivity index (χ2n) is 3.97. The molecule has 0 saturated carbocycles. The zero-order valence-corrected chi connectivity index (χ0v) is 10.4. The fourth-order valence-corrected chi connectivity index (χ4v) is 1.53. The molecular formula is C13H18FNO3. The molecule has 2 N–H and O–H groups in total. The number of hydrogen-bond donors (Lipinski definition) is 2. The smallest absolute Gasteiger partial charge is 0.254 e. The number of phenolic OH excluding ortho intramolecular Hbond substituents is 1. The van der Waals surface area contributed by atoms with E-state index in [9.17, 15) is 9.18 Å². The van der Waals surface area contributed by atoms with Crippen molar-refractivity contribution in [2.45, 2.75) is 19.3 Å². The van der Waals surface area contributed by atoms with Crippen molar-refractivity contribution in [2.75, 3.05) is 20.3 Å². The lowest BCUT2D eigenvalue weighted by molar-refractivity contribution is 0.0948. The molecule has 0 aliphatic heterocycles. The molecule has 1 rings (SSSR count). The van der Waals surface area contributed by atoms with E-state index in [2.05, 4.69) is 5.32 Å². The second-order valence-corrected chi connectivity index (χ2v) is 3.97. The van der Waals surface area contributed by atoms with Crippen LogP contribution in [0.4, 0.5) is 4.39 Å². The van der Waals surface area contributed by atoms with Gasteiger partial charge in [0.05, 0.1) is 5.56 Å². The first-order valence-electron chi connectivity index (χ1n) is 5.91. The summed E-state index contributed by atoms with van der Waals surface area (Å²) in [7, 11) is 1.65. The highest BCUT2D eigenvalue weighted by atomic mass is 19.1. The van der Waals surface area contributed by atoms with Crippen molar-refractivity contribution in [3.63, 3.8) is 0 Å². The van der Waals surface area contributed by atoms with Crippen LogP contribution in [0.3, 0.4) is 0 Å². The molecule has 1 aromatic carbocycles. The zero-order chi connectivity index (χ0) is 13.4. The molecule has 0 aromatic heterocycles. The number of ether oxygens (including phenoxy) is 1. The summed E-state index contributed by atoms with van der Waals surface area (Å²) >= 11 is 0. The summed E-state index contributed by atoms with van der Waals surface area (Å²) in [6, 6.07) is 3.48. The van der Waals surface area contributed by atoms with Crippen LogP contribution < -0.4 is 5.32 Å². The quantitative estimate of drug-likeness (QED) is 0.733. The molecule has 0 saturated heterocycles. The molecule has 0 spiro atoms. The average molecular weight is 255 g/mol. The Labute approximate surface area is 106 Å². The SMILES string of the molecule is COCCCCCNC(=O)c1ccc(O)cc1F. The molecule has 4 nitrogen and oxygen atoms in total. The number of aromatic hydroxyl groups is 1. The van der Waals surface area contributed by atoms with Crippen LogP contribution in [0.2, 0.25) is 0 Å². The number of amides is 1. The van der Waals surface area contributed by atoms with E-state index >= 15 is 0 Å². The first-order valence-corrected chi connectivity index (χ1v) is 5.91. The molecule has 0 atom stereocenters. The van der Waals surface area contributed by atoms with Gasteiger partial charge in [-0.05, 0) is 31.4 Å². The first kappa shape index (κ1) is 14.4. The van der Waals surface area contributed by atoms with Gasteiger partial charge in [0.25, 0.3) is 5.91 Å². The van der Waals surface area contributed by atoms with Crippen molar-refractivity contribution in [1.82, 2.24) is 5.32 Å². The lowest BCUT2D eigenvalue weighted by atomic mass is 10.2. The van der Waals surface area contributed by atoms with Crippen molar-refractivity contribution in [2.24, 2.45) is 0 Å². The van der Waals surface area contributed by atoms with Gasteiger partial charge in [-0.15, -0.1) is 0 Å². The summed E-state index contributed by atoms with van der Waals surface area (Å²) in [5.41, 5.74) is -0.0512. The number of unbranched alkanes of at least 4 members (excludes halogenated alkanes) is 2. The number of phenols is 1. The lowest BCUT2D eigenvalue weighted by Gasteiger charge is -2.06. The molecular weight excluding hydrogens is 237 g/mol. The van der Waals surface area contributed by atoms with Crippen LogP contribution in [0.1, 0.15) is 29.6 Å². The standard InChI is InChI=1S/C13H18FNO3/c1-18-8-4-2-3-7-15-13(17)11-6-5-10(16)9-12(11)14/h5-6,9,16H,2-4,7-8H2,1H3,(H,15,17). The number of carbonyl (C=O) groups is 1. The maximum atomic E-state index is 13.3. The molecule has 5 heteroatoms. The largest absolute Gasteiger partial charge is 0.508 e. The highest BCUT2D eigenvalue weighted by Gasteiger charge is 2.11. The summed E-state index contributed by atoms with van der Waals surface area (Å²) in [6.45, 7) is 1.21. The van der Waals surface area contributed by atoms with E-state index in [0.29, 0.717) is 13.2 Å². The molecule has 0 aliphatic carbocycles. The maximum Gasteiger partial charge on any atom is 0.254 e. The van der Waals surface area contributed by atoms with Gasteiger partial charge < -0.3 is 15.2 Å². The van der Waals surface area contributed by atoms with Crippen molar-refractivity contribution >= 4 is 5.91 Å². The van der Waals surface area contributed by atoms with Crippen LogP contribution in [0.5, 0.6) is 5.75 Å². The number of halogens is 1. The molecule has 1 amide bonds. The Hall–Kier alpha value is -1.62. The summed E-state index contributed by atoms with van der Waals surface area (Å²) in [5.74, 6) is -1.37. The third-order valence-corrected chi connectivity index (χ3v) is 2.51. The van der Waals surface area contributed by atoms with E-state index in [-0.39, 0.29) is 11.3 Å². The van der Waals surface area contributed by atoms with Gasteiger partial charge in [-0.25, -0.2) is 4.39 Å². The monoisotopic (exact) mass is 255 g/mol. The van der Waals surface area contributed by atoms with Crippen LogP contribution in [-0.2, 0) is 4.74 Å².